The molecule has 0 spiro atoms. The minimum absolute atomic E-state index is 0.0920. The van der Waals surface area contributed by atoms with Crippen molar-refractivity contribution in [2.24, 2.45) is 16.0 Å². The quantitative estimate of drug-likeness (QED) is 0.388. The first-order valence-corrected chi connectivity index (χ1v) is 13.8. The maximum atomic E-state index is 13.4. The number of hydrogen-bond acceptors (Lipinski definition) is 9. The van der Waals surface area contributed by atoms with E-state index in [4.69, 9.17) is 10.5 Å². The summed E-state index contributed by atoms with van der Waals surface area (Å²) in [4.78, 5) is 25.4. The minimum Gasteiger partial charge on any atom is -0.505 e. The van der Waals surface area contributed by atoms with Gasteiger partial charge in [-0.15, -0.1) is 15.7 Å². The average molecular weight is 546 g/mol. The van der Waals surface area contributed by atoms with E-state index >= 15 is 0 Å². The van der Waals surface area contributed by atoms with Gasteiger partial charge in [0.2, 0.25) is 0 Å². The lowest BCUT2D eigenvalue weighted by Crippen LogP contribution is -2.43. The second kappa shape index (κ2) is 9.63. The smallest absolute Gasteiger partial charge is 0.286 e. The maximum Gasteiger partial charge on any atom is 0.286 e. The zero-order valence-corrected chi connectivity index (χ0v) is 22.3. The summed E-state index contributed by atoms with van der Waals surface area (Å²) >= 11 is 1.32. The van der Waals surface area contributed by atoms with Crippen LogP contribution in [0.3, 0.4) is 0 Å². The summed E-state index contributed by atoms with van der Waals surface area (Å²) in [7, 11) is -4.32. The van der Waals surface area contributed by atoms with Gasteiger partial charge in [-0.25, -0.2) is 4.68 Å². The van der Waals surface area contributed by atoms with Gasteiger partial charge in [-0.05, 0) is 49.8 Å². The molecular formula is C24H27N5O6S2. The summed E-state index contributed by atoms with van der Waals surface area (Å²) in [5, 5.41) is 20.1. The van der Waals surface area contributed by atoms with Gasteiger partial charge in [-0.2, -0.15) is 13.5 Å². The molecule has 0 fully saturated rings. The number of rotatable bonds is 8. The number of primary amides is 1. The Kier molecular flexibility index (Phi) is 6.86. The molecule has 4 N–H and O–H groups in total. The number of thiophene rings is 1. The van der Waals surface area contributed by atoms with Crippen molar-refractivity contribution in [2.75, 3.05) is 5.32 Å². The molecule has 11 nitrogen and oxygen atoms in total. The Hall–Kier alpha value is -3.71. The second-order valence-electron chi connectivity index (χ2n) is 9.43. The molecule has 0 radical (unpaired) electrons. The van der Waals surface area contributed by atoms with E-state index in [1.54, 1.807) is 17.5 Å². The van der Waals surface area contributed by atoms with Gasteiger partial charge in [0.1, 0.15) is 21.9 Å². The first-order chi connectivity index (χ1) is 17.3. The molecule has 37 heavy (non-hydrogen) atoms. The third-order valence-electron chi connectivity index (χ3n) is 5.70. The van der Waals surface area contributed by atoms with Crippen molar-refractivity contribution in [1.82, 2.24) is 9.78 Å². The van der Waals surface area contributed by atoms with E-state index in [-0.39, 0.29) is 45.9 Å². The van der Waals surface area contributed by atoms with Gasteiger partial charge < -0.3 is 20.9 Å². The molecule has 1 aromatic carbocycles. The summed E-state index contributed by atoms with van der Waals surface area (Å²) in [6.07, 6.45) is 0.645. The first kappa shape index (κ1) is 26.4. The molecule has 0 bridgehead atoms. The van der Waals surface area contributed by atoms with Crippen molar-refractivity contribution < 1.29 is 23.1 Å². The highest BCUT2D eigenvalue weighted by Crippen LogP contribution is 2.36. The molecular weight excluding hydrogens is 518 g/mol. The summed E-state index contributed by atoms with van der Waals surface area (Å²) in [6, 6.07) is 7.61. The van der Waals surface area contributed by atoms with Crippen molar-refractivity contribution in [2.45, 2.75) is 51.2 Å². The van der Waals surface area contributed by atoms with E-state index < -0.39 is 32.8 Å². The van der Waals surface area contributed by atoms with Crippen LogP contribution in [0.15, 0.2) is 49.8 Å². The monoisotopic (exact) mass is 545 g/mol. The Labute approximate surface area is 217 Å². The van der Waals surface area contributed by atoms with Crippen LogP contribution in [0.4, 0.5) is 5.69 Å². The van der Waals surface area contributed by atoms with E-state index in [9.17, 15) is 23.1 Å². The Bertz CT molecular complexity index is 1560. The topological polar surface area (TPSA) is 166 Å². The molecule has 3 heterocycles. The highest BCUT2D eigenvalue weighted by atomic mass is 32.2. The fourth-order valence-corrected chi connectivity index (χ4v) is 5.39. The van der Waals surface area contributed by atoms with Gasteiger partial charge >= 0.3 is 0 Å². The van der Waals surface area contributed by atoms with E-state index in [0.29, 0.717) is 11.3 Å². The number of sulfonamides is 1. The van der Waals surface area contributed by atoms with Gasteiger partial charge in [0.05, 0.1) is 10.6 Å². The van der Waals surface area contributed by atoms with Crippen LogP contribution in [0.25, 0.3) is 10.6 Å². The van der Waals surface area contributed by atoms with Gasteiger partial charge in [0, 0.05) is 12.6 Å². The van der Waals surface area contributed by atoms with Crippen LogP contribution in [0.5, 0.6) is 11.5 Å². The van der Waals surface area contributed by atoms with Crippen LogP contribution in [0.1, 0.15) is 39.7 Å². The molecule has 0 saturated carbocycles. The van der Waals surface area contributed by atoms with Crippen LogP contribution in [-0.4, -0.2) is 40.6 Å². The molecule has 0 saturated heterocycles. The molecule has 0 unspecified atom stereocenters. The third kappa shape index (κ3) is 5.23. The van der Waals surface area contributed by atoms with Gasteiger partial charge in [0.15, 0.2) is 17.2 Å². The van der Waals surface area contributed by atoms with Crippen molar-refractivity contribution in [3.63, 3.8) is 0 Å². The number of hydrogen-bond donors (Lipinski definition) is 3. The predicted molar refractivity (Wildman–Crippen MR) is 141 cm³/mol. The van der Waals surface area contributed by atoms with Crippen molar-refractivity contribution in [3.8, 4) is 22.1 Å². The highest BCUT2D eigenvalue weighted by molar-refractivity contribution is 7.90. The van der Waals surface area contributed by atoms with Gasteiger partial charge in [0.25, 0.3) is 21.5 Å². The van der Waals surface area contributed by atoms with Crippen molar-refractivity contribution >= 4 is 38.8 Å². The SMILES string of the molecule is CC(C)CCn1nc(-c2cccs2)c(O)c(C2=NS(=O)(=O)c3cc(OC(C)(C)C(N)=O)ccc3N2)c1=O. The number of amidine groups is 1. The average Bonchev–Trinajstić information content (AvgIpc) is 3.33. The Morgan fingerprint density at radius 1 is 1.30 bits per heavy atom. The first-order valence-electron chi connectivity index (χ1n) is 11.4. The van der Waals surface area contributed by atoms with Crippen LogP contribution >= 0.6 is 11.3 Å². The molecule has 0 aliphatic carbocycles. The number of carbonyl (C=O) groups excluding carboxylic acids is 1. The number of carbonyl (C=O) groups is 1. The zero-order chi connectivity index (χ0) is 27.1. The normalized spacial score (nSPS) is 14.6. The van der Waals surface area contributed by atoms with Gasteiger partial charge in [-0.3, -0.25) is 9.59 Å². The van der Waals surface area contributed by atoms with E-state index in [2.05, 4.69) is 14.8 Å². The van der Waals surface area contributed by atoms with Crippen LogP contribution in [0.2, 0.25) is 0 Å². The fourth-order valence-electron chi connectivity index (χ4n) is 3.54. The second-order valence-corrected chi connectivity index (χ2v) is 12.0. The number of aromatic nitrogens is 2. The van der Waals surface area contributed by atoms with Gasteiger partial charge in [-0.1, -0.05) is 19.9 Å². The van der Waals surface area contributed by atoms with Crippen molar-refractivity contribution in [3.05, 3.63) is 51.6 Å². The molecule has 1 aliphatic heterocycles. The molecule has 3 aromatic rings. The number of fused-ring (bicyclic) bond motifs is 1. The molecule has 0 atom stereocenters. The Morgan fingerprint density at radius 3 is 2.65 bits per heavy atom. The minimum atomic E-state index is -4.32. The maximum absolute atomic E-state index is 13.4. The molecule has 196 valence electrons. The number of nitrogens with two attached hydrogens (primary N) is 1. The molecule has 2 aromatic heterocycles. The van der Waals surface area contributed by atoms with E-state index in [1.807, 2.05) is 13.8 Å². The number of nitrogens with zero attached hydrogens (tertiary/aromatic N) is 3. The Balaban J connectivity index is 1.83. The molecule has 1 amide bonds. The number of aromatic hydroxyl groups is 1. The number of aryl methyl sites for hydroxylation is 1. The number of benzene rings is 1. The van der Waals surface area contributed by atoms with E-state index in [1.165, 1.54) is 48.1 Å². The highest BCUT2D eigenvalue weighted by Gasteiger charge is 2.33. The predicted octanol–water partition coefficient (Wildman–Crippen LogP) is 2.93. The lowest BCUT2D eigenvalue weighted by molar-refractivity contribution is -0.130. The third-order valence-corrected chi connectivity index (χ3v) is 7.89. The van der Waals surface area contributed by atoms with Crippen molar-refractivity contribution in [1.29, 1.82) is 0 Å². The van der Waals surface area contributed by atoms with Crippen LogP contribution in [0, 0.1) is 5.92 Å². The summed E-state index contributed by atoms with van der Waals surface area (Å²) in [5.41, 5.74) is 3.26. The number of amides is 1. The largest absolute Gasteiger partial charge is 0.505 e. The Morgan fingerprint density at radius 2 is 2.03 bits per heavy atom. The zero-order valence-electron chi connectivity index (χ0n) is 20.7. The van der Waals surface area contributed by atoms with Crippen LogP contribution < -0.4 is 21.3 Å². The number of nitrogens with one attached hydrogen (secondary N) is 1. The number of ether oxygens (including phenoxy) is 1. The van der Waals surface area contributed by atoms with E-state index in [0.717, 1.165) is 0 Å². The van der Waals surface area contributed by atoms with Crippen LogP contribution in [-0.2, 0) is 21.4 Å². The molecule has 4 rings (SSSR count). The lowest BCUT2D eigenvalue weighted by atomic mass is 10.1. The summed E-state index contributed by atoms with van der Waals surface area (Å²) in [5.74, 6) is -1.14. The summed E-state index contributed by atoms with van der Waals surface area (Å²) in [6.45, 7) is 7.20. The molecule has 1 aliphatic rings. The standard InChI is InChI=1S/C24H27N5O6S2/c1-13(2)9-10-29-22(31)18(20(30)19(27-29)16-6-5-11-36-16)21-26-15-8-7-14(35-24(3,4)23(25)32)12-17(15)37(33,34)28-21/h5-8,11-13,30H,9-10H2,1-4H3,(H2,25,32)(H,26,28). The number of anilines is 1. The lowest BCUT2D eigenvalue weighted by Gasteiger charge is -2.24. The molecule has 13 heteroatoms. The summed E-state index contributed by atoms with van der Waals surface area (Å²) < 4.78 is 36.9. The fraction of sp³-hybridized carbons (Fsp3) is 0.333.